The van der Waals surface area contributed by atoms with E-state index in [2.05, 4.69) is 37.2 Å². The number of piperidine rings is 1. The van der Waals surface area contributed by atoms with E-state index in [-0.39, 0.29) is 0 Å². The van der Waals surface area contributed by atoms with Gasteiger partial charge in [-0.2, -0.15) is 0 Å². The summed E-state index contributed by atoms with van der Waals surface area (Å²) in [6.45, 7) is 6.79. The average Bonchev–Trinajstić information content (AvgIpc) is 2.36. The zero-order valence-electron chi connectivity index (χ0n) is 11.5. The van der Waals surface area contributed by atoms with Gasteiger partial charge in [0.1, 0.15) is 0 Å². The maximum absolute atomic E-state index is 6.16. The molecule has 0 radical (unpaired) electrons. The second-order valence-electron chi connectivity index (χ2n) is 5.49. The van der Waals surface area contributed by atoms with Crippen molar-refractivity contribution in [1.82, 2.24) is 4.90 Å². The number of hydrogen-bond donors (Lipinski definition) is 1. The van der Waals surface area contributed by atoms with Crippen molar-refractivity contribution in [2.75, 3.05) is 25.5 Å². The lowest BCUT2D eigenvalue weighted by Crippen LogP contribution is -2.37. The van der Waals surface area contributed by atoms with E-state index in [1.165, 1.54) is 31.6 Å². The predicted octanol–water partition coefficient (Wildman–Crippen LogP) is 3.79. The highest BCUT2D eigenvalue weighted by atomic mass is 35.5. The lowest BCUT2D eigenvalue weighted by Gasteiger charge is -2.33. The molecule has 2 nitrogen and oxygen atoms in total. The molecule has 1 unspecified atom stereocenters. The Morgan fingerprint density at radius 2 is 2.00 bits per heavy atom. The van der Waals surface area contributed by atoms with Crippen LogP contribution in [0.4, 0.5) is 5.69 Å². The van der Waals surface area contributed by atoms with Crippen LogP contribution in [-0.2, 0) is 0 Å². The highest BCUT2D eigenvalue weighted by Crippen LogP contribution is 2.27. The molecule has 1 aliphatic heterocycles. The molecule has 1 saturated heterocycles. The topological polar surface area (TPSA) is 15.3 Å². The van der Waals surface area contributed by atoms with E-state index in [0.29, 0.717) is 6.04 Å². The van der Waals surface area contributed by atoms with Crippen molar-refractivity contribution in [2.24, 2.45) is 5.92 Å². The van der Waals surface area contributed by atoms with Gasteiger partial charge in [0, 0.05) is 16.8 Å². The van der Waals surface area contributed by atoms with Gasteiger partial charge in [-0.25, -0.2) is 0 Å². The molecule has 1 atom stereocenters. The van der Waals surface area contributed by atoms with Crippen molar-refractivity contribution in [3.8, 4) is 0 Å². The molecule has 2 rings (SSSR count). The van der Waals surface area contributed by atoms with E-state index >= 15 is 0 Å². The number of rotatable bonds is 3. The zero-order chi connectivity index (χ0) is 13.1. The van der Waals surface area contributed by atoms with Crippen LogP contribution in [0.15, 0.2) is 18.2 Å². The maximum Gasteiger partial charge on any atom is 0.0455 e. The van der Waals surface area contributed by atoms with Crippen LogP contribution < -0.4 is 5.32 Å². The molecule has 0 amide bonds. The number of benzene rings is 1. The lowest BCUT2D eigenvalue weighted by atomic mass is 9.90. The molecule has 0 saturated carbocycles. The first-order chi connectivity index (χ1) is 8.58. The van der Waals surface area contributed by atoms with Gasteiger partial charge < -0.3 is 10.2 Å². The number of nitrogens with zero attached hydrogens (tertiary/aromatic N) is 1. The fourth-order valence-electron chi connectivity index (χ4n) is 2.66. The summed E-state index contributed by atoms with van der Waals surface area (Å²) in [5.41, 5.74) is 2.33. The molecule has 1 fully saturated rings. The SMILES string of the molecule is Cc1c(Cl)cccc1NC(C)C1CCN(C)CC1. The van der Waals surface area contributed by atoms with Crippen LogP contribution in [0.2, 0.25) is 5.02 Å². The van der Waals surface area contributed by atoms with Gasteiger partial charge >= 0.3 is 0 Å². The van der Waals surface area contributed by atoms with Crippen LogP contribution in [-0.4, -0.2) is 31.1 Å². The fourth-order valence-corrected chi connectivity index (χ4v) is 2.83. The van der Waals surface area contributed by atoms with E-state index in [0.717, 1.165) is 16.5 Å². The van der Waals surface area contributed by atoms with Gasteiger partial charge in [-0.1, -0.05) is 17.7 Å². The first-order valence-electron chi connectivity index (χ1n) is 6.78. The standard InChI is InChI=1S/C15H23ClN2/c1-11-14(16)5-4-6-15(11)17-12(2)13-7-9-18(3)10-8-13/h4-6,12-13,17H,7-10H2,1-3H3. The lowest BCUT2D eigenvalue weighted by molar-refractivity contribution is 0.208. The van der Waals surface area contributed by atoms with Gasteiger partial charge in [0.2, 0.25) is 0 Å². The molecule has 3 heteroatoms. The average molecular weight is 267 g/mol. The number of likely N-dealkylation sites (tertiary alicyclic amines) is 1. The van der Waals surface area contributed by atoms with Crippen molar-refractivity contribution in [2.45, 2.75) is 32.7 Å². The second-order valence-corrected chi connectivity index (χ2v) is 5.89. The summed E-state index contributed by atoms with van der Waals surface area (Å²) < 4.78 is 0. The van der Waals surface area contributed by atoms with Gasteiger partial charge in [-0.05, 0) is 70.4 Å². The summed E-state index contributed by atoms with van der Waals surface area (Å²) in [7, 11) is 2.20. The molecule has 1 N–H and O–H groups in total. The van der Waals surface area contributed by atoms with Gasteiger partial charge in [0.25, 0.3) is 0 Å². The largest absolute Gasteiger partial charge is 0.382 e. The molecule has 0 spiro atoms. The molecule has 18 heavy (non-hydrogen) atoms. The Bertz CT molecular complexity index is 397. The number of hydrogen-bond acceptors (Lipinski definition) is 2. The minimum absolute atomic E-state index is 0.510. The smallest absolute Gasteiger partial charge is 0.0455 e. The highest BCUT2D eigenvalue weighted by molar-refractivity contribution is 6.31. The minimum atomic E-state index is 0.510. The maximum atomic E-state index is 6.16. The Morgan fingerprint density at radius 1 is 1.33 bits per heavy atom. The van der Waals surface area contributed by atoms with Gasteiger partial charge in [0.15, 0.2) is 0 Å². The number of nitrogens with one attached hydrogen (secondary N) is 1. The third kappa shape index (κ3) is 3.18. The van der Waals surface area contributed by atoms with Crippen molar-refractivity contribution in [3.63, 3.8) is 0 Å². The normalized spacial score (nSPS) is 19.8. The Hall–Kier alpha value is -0.730. The summed E-state index contributed by atoms with van der Waals surface area (Å²) in [5.74, 6) is 0.764. The Kier molecular flexibility index (Phi) is 4.52. The molecule has 1 aromatic carbocycles. The monoisotopic (exact) mass is 266 g/mol. The zero-order valence-corrected chi connectivity index (χ0v) is 12.3. The summed E-state index contributed by atoms with van der Waals surface area (Å²) in [5, 5.41) is 4.48. The predicted molar refractivity (Wildman–Crippen MR) is 79.5 cm³/mol. The van der Waals surface area contributed by atoms with Crippen molar-refractivity contribution in [3.05, 3.63) is 28.8 Å². The van der Waals surface area contributed by atoms with Crippen molar-refractivity contribution >= 4 is 17.3 Å². The van der Waals surface area contributed by atoms with Crippen molar-refractivity contribution < 1.29 is 0 Å². The molecule has 0 aromatic heterocycles. The Balaban J connectivity index is 1.98. The summed E-state index contributed by atoms with van der Waals surface area (Å²) >= 11 is 6.16. The van der Waals surface area contributed by atoms with Gasteiger partial charge in [-0.3, -0.25) is 0 Å². The number of anilines is 1. The third-order valence-corrected chi connectivity index (χ3v) is 4.53. The minimum Gasteiger partial charge on any atom is -0.382 e. The molecule has 0 aliphatic carbocycles. The second kappa shape index (κ2) is 5.94. The molecule has 1 heterocycles. The summed E-state index contributed by atoms with van der Waals surface area (Å²) in [6.07, 6.45) is 2.56. The molecular formula is C15H23ClN2. The summed E-state index contributed by atoms with van der Waals surface area (Å²) in [4.78, 5) is 2.41. The highest BCUT2D eigenvalue weighted by Gasteiger charge is 2.22. The molecule has 1 aromatic rings. The van der Waals surface area contributed by atoms with E-state index in [4.69, 9.17) is 11.6 Å². The molecular weight excluding hydrogens is 244 g/mol. The molecule has 1 aliphatic rings. The number of halogens is 1. The molecule has 0 bridgehead atoms. The van der Waals surface area contributed by atoms with Crippen LogP contribution in [0.5, 0.6) is 0 Å². The van der Waals surface area contributed by atoms with Gasteiger partial charge in [0.05, 0.1) is 0 Å². The third-order valence-electron chi connectivity index (χ3n) is 4.12. The summed E-state index contributed by atoms with van der Waals surface area (Å²) in [6, 6.07) is 6.59. The quantitative estimate of drug-likeness (QED) is 0.896. The van der Waals surface area contributed by atoms with E-state index in [9.17, 15) is 0 Å². The van der Waals surface area contributed by atoms with Crippen molar-refractivity contribution in [1.29, 1.82) is 0 Å². The van der Waals surface area contributed by atoms with Crippen LogP contribution in [0.3, 0.4) is 0 Å². The van der Waals surface area contributed by atoms with E-state index < -0.39 is 0 Å². The fraction of sp³-hybridized carbons (Fsp3) is 0.600. The van der Waals surface area contributed by atoms with Gasteiger partial charge in [-0.15, -0.1) is 0 Å². The van der Waals surface area contributed by atoms with Crippen LogP contribution >= 0.6 is 11.6 Å². The first kappa shape index (κ1) is 13.7. The molecule has 100 valence electrons. The Labute approximate surface area is 115 Å². The van der Waals surface area contributed by atoms with Crippen LogP contribution in [0.25, 0.3) is 0 Å². The van der Waals surface area contributed by atoms with Crippen LogP contribution in [0.1, 0.15) is 25.3 Å². The first-order valence-corrected chi connectivity index (χ1v) is 7.16. The van der Waals surface area contributed by atoms with Crippen LogP contribution in [0, 0.1) is 12.8 Å². The van der Waals surface area contributed by atoms with E-state index in [1.807, 2.05) is 12.1 Å². The van der Waals surface area contributed by atoms with E-state index in [1.54, 1.807) is 0 Å². The Morgan fingerprint density at radius 3 is 2.67 bits per heavy atom.